The lowest BCUT2D eigenvalue weighted by atomic mass is 9.96. The molecule has 3 aromatic rings. The lowest BCUT2D eigenvalue weighted by Crippen LogP contribution is -2.39. The number of aromatic amines is 1. The number of furan rings is 1. The monoisotopic (exact) mass is 340 g/mol. The summed E-state index contributed by atoms with van der Waals surface area (Å²) in [5.41, 5.74) is -0.831. The molecule has 2 aromatic heterocycles. The lowest BCUT2D eigenvalue weighted by molar-refractivity contribution is 0.0512. The van der Waals surface area contributed by atoms with E-state index in [1.807, 2.05) is 0 Å². The van der Waals surface area contributed by atoms with E-state index in [9.17, 15) is 14.7 Å². The molecule has 0 bridgehead atoms. The summed E-state index contributed by atoms with van der Waals surface area (Å²) in [6.07, 6.45) is 0. The quantitative estimate of drug-likeness (QED) is 0.679. The molecule has 0 spiro atoms. The first-order valence-corrected chi connectivity index (χ1v) is 7.98. The molecule has 6 heteroatoms. The normalized spacial score (nSPS) is 13.6. The summed E-state index contributed by atoms with van der Waals surface area (Å²) < 4.78 is 5.44. The minimum Gasteiger partial charge on any atom is -0.466 e. The number of aromatic nitrogens is 1. The molecule has 1 atom stereocenters. The maximum atomic E-state index is 12.4. The second-order valence-corrected chi connectivity index (χ2v) is 6.38. The maximum absolute atomic E-state index is 12.4. The largest absolute Gasteiger partial charge is 0.466 e. The standard InChI is InChI=1S/C19H20N2O4/c1-11-8-15(12(2)25-11)19(3,24)10-20-18(23)16-9-13-6-4-5-7-14(13)17(22)21-16/h4-9,24H,10H2,1-3H3,(H,20,23)(H,21,22)/t19-/m0/s1. The molecular weight excluding hydrogens is 320 g/mol. The topological polar surface area (TPSA) is 95.3 Å². The van der Waals surface area contributed by atoms with Crippen molar-refractivity contribution in [3.05, 3.63) is 69.5 Å². The predicted octanol–water partition coefficient (Wildman–Crippen LogP) is 2.38. The average Bonchev–Trinajstić information content (AvgIpc) is 2.92. The molecule has 0 aliphatic rings. The van der Waals surface area contributed by atoms with Crippen LogP contribution in [0.5, 0.6) is 0 Å². The number of aryl methyl sites for hydroxylation is 2. The summed E-state index contributed by atoms with van der Waals surface area (Å²) in [5, 5.41) is 14.5. The number of amides is 1. The minimum atomic E-state index is -1.28. The van der Waals surface area contributed by atoms with Crippen LogP contribution >= 0.6 is 0 Å². The molecular formula is C19H20N2O4. The van der Waals surface area contributed by atoms with Crippen LogP contribution in [0, 0.1) is 13.8 Å². The fraction of sp³-hybridized carbons (Fsp3) is 0.263. The van der Waals surface area contributed by atoms with Crippen molar-refractivity contribution in [3.8, 4) is 0 Å². The molecule has 0 unspecified atom stereocenters. The number of benzene rings is 1. The molecule has 3 rings (SSSR count). The molecule has 25 heavy (non-hydrogen) atoms. The van der Waals surface area contributed by atoms with Crippen LogP contribution < -0.4 is 10.9 Å². The molecule has 0 fully saturated rings. The van der Waals surface area contributed by atoms with E-state index in [2.05, 4.69) is 10.3 Å². The Labute approximate surface area is 144 Å². The van der Waals surface area contributed by atoms with Gasteiger partial charge in [-0.05, 0) is 44.4 Å². The smallest absolute Gasteiger partial charge is 0.267 e. The van der Waals surface area contributed by atoms with Gasteiger partial charge in [0.15, 0.2) is 0 Å². The number of pyridine rings is 1. The third-order valence-corrected chi connectivity index (χ3v) is 4.21. The number of rotatable bonds is 4. The number of carbonyl (C=O) groups is 1. The highest BCUT2D eigenvalue weighted by molar-refractivity contribution is 5.96. The summed E-state index contributed by atoms with van der Waals surface area (Å²) in [6.45, 7) is 5.15. The van der Waals surface area contributed by atoms with Gasteiger partial charge in [-0.1, -0.05) is 18.2 Å². The molecule has 130 valence electrons. The number of fused-ring (bicyclic) bond motifs is 1. The summed E-state index contributed by atoms with van der Waals surface area (Å²) in [7, 11) is 0. The van der Waals surface area contributed by atoms with Crippen molar-refractivity contribution in [1.29, 1.82) is 0 Å². The second-order valence-electron chi connectivity index (χ2n) is 6.38. The predicted molar refractivity (Wildman–Crippen MR) is 94.7 cm³/mol. The van der Waals surface area contributed by atoms with E-state index in [1.54, 1.807) is 57.2 Å². The molecule has 1 amide bonds. The molecule has 0 aliphatic carbocycles. The lowest BCUT2D eigenvalue weighted by Gasteiger charge is -2.23. The highest BCUT2D eigenvalue weighted by Gasteiger charge is 2.28. The Bertz CT molecular complexity index is 998. The van der Waals surface area contributed by atoms with Crippen LogP contribution in [0.25, 0.3) is 10.8 Å². The molecule has 0 saturated carbocycles. The van der Waals surface area contributed by atoms with Crippen LogP contribution in [0.1, 0.15) is 34.5 Å². The first-order chi connectivity index (χ1) is 11.8. The van der Waals surface area contributed by atoms with Gasteiger partial charge in [0, 0.05) is 10.9 Å². The van der Waals surface area contributed by atoms with Gasteiger partial charge in [0.05, 0.1) is 6.54 Å². The van der Waals surface area contributed by atoms with Crippen LogP contribution in [0.3, 0.4) is 0 Å². The van der Waals surface area contributed by atoms with Crippen molar-refractivity contribution in [1.82, 2.24) is 10.3 Å². The zero-order valence-corrected chi connectivity index (χ0v) is 14.3. The molecule has 2 heterocycles. The van der Waals surface area contributed by atoms with Gasteiger partial charge in [0.25, 0.3) is 11.5 Å². The van der Waals surface area contributed by atoms with Crippen LogP contribution in [-0.4, -0.2) is 22.5 Å². The van der Waals surface area contributed by atoms with E-state index in [0.717, 1.165) is 0 Å². The van der Waals surface area contributed by atoms with Gasteiger partial charge in [-0.2, -0.15) is 0 Å². The molecule has 1 aromatic carbocycles. The Balaban J connectivity index is 1.81. The molecule has 0 aliphatic heterocycles. The number of aliphatic hydroxyl groups is 1. The Kier molecular flexibility index (Phi) is 4.22. The van der Waals surface area contributed by atoms with Crippen molar-refractivity contribution >= 4 is 16.7 Å². The van der Waals surface area contributed by atoms with Crippen LogP contribution in [0.2, 0.25) is 0 Å². The Morgan fingerprint density at radius 2 is 2.00 bits per heavy atom. The first-order valence-electron chi connectivity index (χ1n) is 7.98. The van der Waals surface area contributed by atoms with E-state index >= 15 is 0 Å². The van der Waals surface area contributed by atoms with Gasteiger partial charge in [-0.15, -0.1) is 0 Å². The van der Waals surface area contributed by atoms with E-state index < -0.39 is 11.5 Å². The number of H-pyrrole nitrogens is 1. The second kappa shape index (κ2) is 6.22. The van der Waals surface area contributed by atoms with Crippen LogP contribution in [-0.2, 0) is 5.60 Å². The minimum absolute atomic E-state index is 0.0134. The van der Waals surface area contributed by atoms with Crippen LogP contribution in [0.15, 0.2) is 45.6 Å². The highest BCUT2D eigenvalue weighted by Crippen LogP contribution is 2.26. The van der Waals surface area contributed by atoms with Crippen molar-refractivity contribution in [3.63, 3.8) is 0 Å². The Hall–Kier alpha value is -2.86. The fourth-order valence-corrected chi connectivity index (χ4v) is 2.94. The van der Waals surface area contributed by atoms with E-state index in [4.69, 9.17) is 4.42 Å². The Morgan fingerprint density at radius 1 is 1.28 bits per heavy atom. The van der Waals surface area contributed by atoms with Gasteiger partial charge in [-0.25, -0.2) is 0 Å². The molecule has 6 nitrogen and oxygen atoms in total. The van der Waals surface area contributed by atoms with Gasteiger partial charge < -0.3 is 19.8 Å². The summed E-state index contributed by atoms with van der Waals surface area (Å²) in [4.78, 5) is 27.0. The van der Waals surface area contributed by atoms with Gasteiger partial charge in [0.2, 0.25) is 0 Å². The average molecular weight is 340 g/mol. The summed E-state index contributed by atoms with van der Waals surface area (Å²) >= 11 is 0. The van der Waals surface area contributed by atoms with E-state index in [1.165, 1.54) is 0 Å². The number of hydrogen-bond donors (Lipinski definition) is 3. The highest BCUT2D eigenvalue weighted by atomic mass is 16.3. The van der Waals surface area contributed by atoms with Crippen LogP contribution in [0.4, 0.5) is 0 Å². The van der Waals surface area contributed by atoms with Crippen molar-refractivity contribution in [2.75, 3.05) is 6.54 Å². The van der Waals surface area contributed by atoms with Crippen molar-refractivity contribution in [2.24, 2.45) is 0 Å². The zero-order chi connectivity index (χ0) is 18.2. The Morgan fingerprint density at radius 3 is 2.68 bits per heavy atom. The summed E-state index contributed by atoms with van der Waals surface area (Å²) in [5.74, 6) is 0.842. The van der Waals surface area contributed by atoms with Crippen molar-refractivity contribution < 1.29 is 14.3 Å². The van der Waals surface area contributed by atoms with E-state index in [-0.39, 0.29) is 17.8 Å². The maximum Gasteiger partial charge on any atom is 0.267 e. The zero-order valence-electron chi connectivity index (χ0n) is 14.3. The van der Waals surface area contributed by atoms with E-state index in [0.29, 0.717) is 27.9 Å². The number of nitrogens with one attached hydrogen (secondary N) is 2. The third kappa shape index (κ3) is 3.34. The number of hydrogen-bond acceptors (Lipinski definition) is 4. The van der Waals surface area contributed by atoms with Gasteiger partial charge in [-0.3, -0.25) is 9.59 Å². The van der Waals surface area contributed by atoms with Crippen molar-refractivity contribution in [2.45, 2.75) is 26.4 Å². The number of carbonyl (C=O) groups excluding carboxylic acids is 1. The molecule has 0 saturated heterocycles. The molecule has 3 N–H and O–H groups in total. The third-order valence-electron chi connectivity index (χ3n) is 4.21. The van der Waals surface area contributed by atoms with Gasteiger partial charge >= 0.3 is 0 Å². The van der Waals surface area contributed by atoms with Gasteiger partial charge in [0.1, 0.15) is 22.8 Å². The molecule has 0 radical (unpaired) electrons. The SMILES string of the molecule is Cc1cc([C@@](C)(O)CNC(=O)c2cc3ccccc3c(=O)[nH]2)c(C)o1. The first kappa shape index (κ1) is 17.0. The summed E-state index contributed by atoms with van der Waals surface area (Å²) in [6, 6.07) is 10.4. The fourth-order valence-electron chi connectivity index (χ4n) is 2.94.